The maximum atomic E-state index is 13.5. The molecule has 2 N–H and O–H groups in total. The second-order valence-electron chi connectivity index (χ2n) is 7.40. The Labute approximate surface area is 171 Å². The summed E-state index contributed by atoms with van der Waals surface area (Å²) in [5.41, 5.74) is 1.62. The Morgan fingerprint density at radius 3 is 2.90 bits per heavy atom. The summed E-state index contributed by atoms with van der Waals surface area (Å²) >= 11 is 0. The summed E-state index contributed by atoms with van der Waals surface area (Å²) in [5, 5.41) is 7.37. The van der Waals surface area contributed by atoms with Gasteiger partial charge in [0, 0.05) is 50.5 Å². The number of fused-ring (bicyclic) bond motifs is 1. The summed E-state index contributed by atoms with van der Waals surface area (Å²) in [5.74, 6) is 1.87. The number of furan rings is 1. The van der Waals surface area contributed by atoms with Crippen LogP contribution in [0.4, 0.5) is 4.39 Å². The van der Waals surface area contributed by atoms with E-state index in [1.54, 1.807) is 6.07 Å². The average Bonchev–Trinajstić information content (AvgIpc) is 3.04. The van der Waals surface area contributed by atoms with Crippen LogP contribution in [0.5, 0.6) is 0 Å². The fourth-order valence-corrected chi connectivity index (χ4v) is 3.43. The molecule has 1 fully saturated rings. The molecule has 0 saturated carbocycles. The van der Waals surface area contributed by atoms with Crippen molar-refractivity contribution in [1.82, 2.24) is 10.6 Å². The third kappa shape index (κ3) is 6.44. The number of aliphatic imine (C=N–C) groups is 1. The molecule has 1 aliphatic heterocycles. The van der Waals surface area contributed by atoms with Gasteiger partial charge < -0.3 is 24.5 Å². The highest BCUT2D eigenvalue weighted by Crippen LogP contribution is 2.26. The van der Waals surface area contributed by atoms with E-state index in [1.807, 2.05) is 13.8 Å². The van der Waals surface area contributed by atoms with Crippen LogP contribution in [0.3, 0.4) is 0 Å². The molecule has 0 amide bonds. The lowest BCUT2D eigenvalue weighted by atomic mass is 10.0. The monoisotopic (exact) mass is 405 g/mol. The molecule has 3 rings (SSSR count). The molecular weight excluding hydrogens is 373 g/mol. The minimum atomic E-state index is -0.259. The number of nitrogens with one attached hydrogen (secondary N) is 2. The summed E-state index contributed by atoms with van der Waals surface area (Å²) in [6.07, 6.45) is 3.11. The standard InChI is InChI=1S/C22H32FN3O3/c1-3-24-22(25-9-4-10-28-15-17-7-11-27-12-8-17)26-14-21-16(2)19-13-18(23)5-6-20(19)29-21/h5-6,13,17H,3-4,7-12,14-15H2,1-2H3,(H2,24,25,26). The minimum absolute atomic E-state index is 0.259. The van der Waals surface area contributed by atoms with Crippen molar-refractivity contribution in [3.63, 3.8) is 0 Å². The van der Waals surface area contributed by atoms with Crippen molar-refractivity contribution in [2.24, 2.45) is 10.9 Å². The summed E-state index contributed by atoms with van der Waals surface area (Å²) in [4.78, 5) is 4.61. The Bertz CT molecular complexity index is 800. The Morgan fingerprint density at radius 1 is 1.28 bits per heavy atom. The summed E-state index contributed by atoms with van der Waals surface area (Å²) in [6.45, 7) is 9.20. The molecule has 0 radical (unpaired) electrons. The molecule has 160 valence electrons. The molecular formula is C22H32FN3O3. The van der Waals surface area contributed by atoms with Crippen LogP contribution in [0.25, 0.3) is 11.0 Å². The van der Waals surface area contributed by atoms with Crippen LogP contribution >= 0.6 is 0 Å². The topological polar surface area (TPSA) is 68.0 Å². The molecule has 0 bridgehead atoms. The zero-order valence-corrected chi connectivity index (χ0v) is 17.4. The van der Waals surface area contributed by atoms with Gasteiger partial charge in [0.25, 0.3) is 0 Å². The normalized spacial score (nSPS) is 15.8. The number of aryl methyl sites for hydroxylation is 1. The number of ether oxygens (including phenoxy) is 2. The van der Waals surface area contributed by atoms with Crippen LogP contribution in [0, 0.1) is 18.7 Å². The molecule has 1 aliphatic rings. The first-order valence-corrected chi connectivity index (χ1v) is 10.5. The first-order valence-electron chi connectivity index (χ1n) is 10.5. The van der Waals surface area contributed by atoms with Gasteiger partial charge in [-0.15, -0.1) is 0 Å². The molecule has 7 heteroatoms. The first-order chi connectivity index (χ1) is 14.2. The number of hydrogen-bond acceptors (Lipinski definition) is 4. The zero-order chi connectivity index (χ0) is 20.5. The lowest BCUT2D eigenvalue weighted by molar-refractivity contribution is 0.0203. The molecule has 0 unspecified atom stereocenters. The Balaban J connectivity index is 1.44. The molecule has 2 aromatic rings. The summed E-state index contributed by atoms with van der Waals surface area (Å²) in [6, 6.07) is 4.58. The lowest BCUT2D eigenvalue weighted by Crippen LogP contribution is -2.38. The highest BCUT2D eigenvalue weighted by Gasteiger charge is 2.13. The smallest absolute Gasteiger partial charge is 0.191 e. The third-order valence-corrected chi connectivity index (χ3v) is 5.17. The number of nitrogens with zero attached hydrogens (tertiary/aromatic N) is 1. The summed E-state index contributed by atoms with van der Waals surface area (Å²) < 4.78 is 30.5. The van der Waals surface area contributed by atoms with Crippen LogP contribution < -0.4 is 10.6 Å². The van der Waals surface area contributed by atoms with Crippen molar-refractivity contribution in [3.8, 4) is 0 Å². The van der Waals surface area contributed by atoms with Crippen LogP contribution in [-0.2, 0) is 16.0 Å². The Kier molecular flexibility index (Phi) is 8.31. The van der Waals surface area contributed by atoms with Gasteiger partial charge in [0.05, 0.1) is 0 Å². The number of guanidine groups is 1. The van der Waals surface area contributed by atoms with Gasteiger partial charge in [-0.25, -0.2) is 9.38 Å². The van der Waals surface area contributed by atoms with Gasteiger partial charge in [-0.3, -0.25) is 0 Å². The lowest BCUT2D eigenvalue weighted by Gasteiger charge is -2.21. The fourth-order valence-electron chi connectivity index (χ4n) is 3.43. The molecule has 29 heavy (non-hydrogen) atoms. The quantitative estimate of drug-likeness (QED) is 0.378. The van der Waals surface area contributed by atoms with E-state index in [1.165, 1.54) is 12.1 Å². The van der Waals surface area contributed by atoms with E-state index in [0.717, 1.165) is 81.4 Å². The van der Waals surface area contributed by atoms with E-state index in [0.29, 0.717) is 18.0 Å². The van der Waals surface area contributed by atoms with Crippen molar-refractivity contribution in [2.45, 2.75) is 39.7 Å². The maximum absolute atomic E-state index is 13.5. The van der Waals surface area contributed by atoms with Gasteiger partial charge in [0.1, 0.15) is 23.7 Å². The van der Waals surface area contributed by atoms with Gasteiger partial charge in [0.15, 0.2) is 5.96 Å². The van der Waals surface area contributed by atoms with E-state index >= 15 is 0 Å². The van der Waals surface area contributed by atoms with Gasteiger partial charge in [-0.1, -0.05) is 0 Å². The zero-order valence-electron chi connectivity index (χ0n) is 17.4. The van der Waals surface area contributed by atoms with Gasteiger partial charge >= 0.3 is 0 Å². The molecule has 0 aliphatic carbocycles. The SMILES string of the molecule is CCNC(=NCc1oc2ccc(F)cc2c1C)NCCCOCC1CCOCC1. The highest BCUT2D eigenvalue weighted by molar-refractivity contribution is 5.82. The Hall–Kier alpha value is -2.12. The van der Waals surface area contributed by atoms with Crippen LogP contribution in [0.15, 0.2) is 27.6 Å². The molecule has 1 aromatic carbocycles. The summed E-state index contributed by atoms with van der Waals surface area (Å²) in [7, 11) is 0. The largest absolute Gasteiger partial charge is 0.459 e. The van der Waals surface area contributed by atoms with Crippen molar-refractivity contribution in [3.05, 3.63) is 35.3 Å². The predicted molar refractivity (Wildman–Crippen MR) is 113 cm³/mol. The van der Waals surface area contributed by atoms with Gasteiger partial charge in [-0.05, 0) is 57.2 Å². The van der Waals surface area contributed by atoms with E-state index in [4.69, 9.17) is 13.9 Å². The van der Waals surface area contributed by atoms with E-state index < -0.39 is 0 Å². The van der Waals surface area contributed by atoms with E-state index in [9.17, 15) is 4.39 Å². The average molecular weight is 406 g/mol. The van der Waals surface area contributed by atoms with E-state index in [-0.39, 0.29) is 5.82 Å². The maximum Gasteiger partial charge on any atom is 0.191 e. The number of halogens is 1. The number of hydrogen-bond donors (Lipinski definition) is 2. The predicted octanol–water partition coefficient (Wildman–Crippen LogP) is 3.77. The highest BCUT2D eigenvalue weighted by atomic mass is 19.1. The molecule has 2 heterocycles. The molecule has 1 aromatic heterocycles. The van der Waals surface area contributed by atoms with Crippen LogP contribution in [0.2, 0.25) is 0 Å². The van der Waals surface area contributed by atoms with E-state index in [2.05, 4.69) is 15.6 Å². The minimum Gasteiger partial charge on any atom is -0.459 e. The third-order valence-electron chi connectivity index (χ3n) is 5.17. The Morgan fingerprint density at radius 2 is 2.10 bits per heavy atom. The molecule has 6 nitrogen and oxygen atoms in total. The van der Waals surface area contributed by atoms with Crippen molar-refractivity contribution >= 4 is 16.9 Å². The van der Waals surface area contributed by atoms with Crippen LogP contribution in [0.1, 0.15) is 37.5 Å². The fraction of sp³-hybridized carbons (Fsp3) is 0.591. The van der Waals surface area contributed by atoms with Crippen molar-refractivity contribution < 1.29 is 18.3 Å². The van der Waals surface area contributed by atoms with Crippen molar-refractivity contribution in [2.75, 3.05) is 39.5 Å². The number of benzene rings is 1. The number of rotatable bonds is 9. The van der Waals surface area contributed by atoms with Crippen LogP contribution in [-0.4, -0.2) is 45.5 Å². The molecule has 0 spiro atoms. The molecule has 0 atom stereocenters. The first kappa shape index (κ1) is 21.6. The second kappa shape index (κ2) is 11.2. The van der Waals surface area contributed by atoms with Crippen molar-refractivity contribution in [1.29, 1.82) is 0 Å². The van der Waals surface area contributed by atoms with Gasteiger partial charge in [-0.2, -0.15) is 0 Å². The molecule has 1 saturated heterocycles. The van der Waals surface area contributed by atoms with Gasteiger partial charge in [0.2, 0.25) is 0 Å². The second-order valence-corrected chi connectivity index (χ2v) is 7.40.